The van der Waals surface area contributed by atoms with Gasteiger partial charge < -0.3 is 10.1 Å². The van der Waals surface area contributed by atoms with Gasteiger partial charge in [0.05, 0.1) is 4.88 Å². The molecule has 1 heterocycles. The Bertz CT molecular complexity index is 1010. The van der Waals surface area contributed by atoms with Crippen molar-refractivity contribution in [2.45, 2.75) is 59.8 Å². The Morgan fingerprint density at radius 3 is 2.50 bits per heavy atom. The van der Waals surface area contributed by atoms with E-state index in [1.807, 2.05) is 13.8 Å². The van der Waals surface area contributed by atoms with E-state index in [-0.39, 0.29) is 18.3 Å². The highest BCUT2D eigenvalue weighted by Gasteiger charge is 2.63. The fraction of sp³-hybridized carbons (Fsp3) is 0.520. The molecule has 2 aliphatic rings. The number of carbonyl (C=O) groups excluding carboxylic acids is 2. The number of ketones is 1. The van der Waals surface area contributed by atoms with E-state index < -0.39 is 0 Å². The smallest absolute Gasteiger partial charge is 0.257 e. The zero-order valence-electron chi connectivity index (χ0n) is 18.8. The van der Waals surface area contributed by atoms with E-state index in [4.69, 9.17) is 4.74 Å². The Labute approximate surface area is 183 Å². The number of thiophene rings is 1. The number of rotatable bonds is 7. The van der Waals surface area contributed by atoms with Gasteiger partial charge in [-0.15, -0.1) is 11.3 Å². The first kappa shape index (κ1) is 21.1. The summed E-state index contributed by atoms with van der Waals surface area (Å²) in [6.07, 6.45) is 2.33. The van der Waals surface area contributed by atoms with Gasteiger partial charge in [-0.2, -0.15) is 0 Å². The van der Waals surface area contributed by atoms with Crippen LogP contribution in [0.5, 0.6) is 5.75 Å². The summed E-state index contributed by atoms with van der Waals surface area (Å²) >= 11 is 1.70. The maximum atomic E-state index is 13.1. The Hall–Kier alpha value is -2.14. The second-order valence-corrected chi connectivity index (χ2v) is 10.7. The molecule has 0 aliphatic heterocycles. The van der Waals surface area contributed by atoms with Crippen molar-refractivity contribution in [3.05, 3.63) is 49.7 Å². The first-order chi connectivity index (χ1) is 14.1. The summed E-state index contributed by atoms with van der Waals surface area (Å²) in [7, 11) is 1.60. The van der Waals surface area contributed by atoms with Crippen LogP contribution in [0.4, 0.5) is 0 Å². The molecule has 0 saturated heterocycles. The minimum absolute atomic E-state index is 0.0116. The van der Waals surface area contributed by atoms with E-state index in [0.717, 1.165) is 46.1 Å². The Balaban J connectivity index is 1.44. The predicted octanol–water partition coefficient (Wildman–Crippen LogP) is 4.91. The molecule has 0 unspecified atom stereocenters. The van der Waals surface area contributed by atoms with E-state index in [2.05, 4.69) is 38.2 Å². The van der Waals surface area contributed by atoms with Gasteiger partial charge in [0.1, 0.15) is 5.75 Å². The van der Waals surface area contributed by atoms with E-state index in [9.17, 15) is 9.59 Å². The third-order valence-electron chi connectivity index (χ3n) is 7.06. The molecule has 160 valence electrons. The molecule has 1 fully saturated rings. The van der Waals surface area contributed by atoms with E-state index in [0.29, 0.717) is 17.8 Å². The highest BCUT2D eigenvalue weighted by molar-refractivity contribution is 7.14. The van der Waals surface area contributed by atoms with Gasteiger partial charge in [0.15, 0.2) is 12.4 Å². The molecular weight excluding hydrogens is 394 g/mol. The van der Waals surface area contributed by atoms with Gasteiger partial charge in [0.2, 0.25) is 0 Å². The van der Waals surface area contributed by atoms with Crippen LogP contribution in [-0.2, 0) is 17.6 Å². The number of aryl methyl sites for hydroxylation is 4. The van der Waals surface area contributed by atoms with Crippen LogP contribution < -0.4 is 10.1 Å². The quantitative estimate of drug-likeness (QED) is 0.641. The normalized spacial score (nSPS) is 20.5. The van der Waals surface area contributed by atoms with Gasteiger partial charge in [0.25, 0.3) is 5.91 Å². The standard InChI is InChI=1S/C25H31NO3S/c1-13-9-16(10-14(2)23(13)29-12-20(28)26-6)7-8-19(27)24-17-11-18-22(25(18,4)5)21(17)15(3)30-24/h9-10,18,22H,7-8,11-12H2,1-6H3,(H,26,28)/t18-,22-/m1/s1. The number of hydrogen-bond acceptors (Lipinski definition) is 4. The zero-order chi connectivity index (χ0) is 21.8. The number of carbonyl (C=O) groups is 2. The summed E-state index contributed by atoms with van der Waals surface area (Å²) < 4.78 is 5.68. The Morgan fingerprint density at radius 1 is 1.20 bits per heavy atom. The number of Topliss-reactive ketones (excluding diaryl/α,β-unsaturated/α-hetero) is 1. The molecule has 1 amide bonds. The van der Waals surface area contributed by atoms with Crippen molar-refractivity contribution in [3.8, 4) is 5.75 Å². The largest absolute Gasteiger partial charge is 0.483 e. The second-order valence-electron chi connectivity index (χ2n) is 9.43. The molecule has 1 aromatic heterocycles. The molecule has 30 heavy (non-hydrogen) atoms. The zero-order valence-corrected chi connectivity index (χ0v) is 19.6. The van der Waals surface area contributed by atoms with Crippen LogP contribution in [0.1, 0.15) is 68.6 Å². The molecule has 0 bridgehead atoms. The van der Waals surface area contributed by atoms with Crippen molar-refractivity contribution in [1.29, 1.82) is 0 Å². The average molecular weight is 426 g/mol. The minimum Gasteiger partial charge on any atom is -0.483 e. The number of hydrogen-bond donors (Lipinski definition) is 1. The molecule has 2 aliphatic carbocycles. The molecule has 1 N–H and O–H groups in total. The molecule has 1 saturated carbocycles. The van der Waals surface area contributed by atoms with Crippen molar-refractivity contribution in [2.24, 2.45) is 11.3 Å². The van der Waals surface area contributed by atoms with Crippen LogP contribution in [0.3, 0.4) is 0 Å². The van der Waals surface area contributed by atoms with Crippen LogP contribution >= 0.6 is 11.3 Å². The lowest BCUT2D eigenvalue weighted by atomic mass is 9.93. The molecule has 0 radical (unpaired) electrons. The van der Waals surface area contributed by atoms with Crippen molar-refractivity contribution in [1.82, 2.24) is 5.32 Å². The number of benzene rings is 1. The summed E-state index contributed by atoms with van der Waals surface area (Å²) in [5, 5.41) is 2.56. The maximum absolute atomic E-state index is 13.1. The number of likely N-dealkylation sites (N-methyl/N-ethyl adjacent to an activating group) is 1. The lowest BCUT2D eigenvalue weighted by molar-refractivity contribution is -0.122. The third-order valence-corrected chi connectivity index (χ3v) is 8.26. The lowest BCUT2D eigenvalue weighted by Gasteiger charge is -2.14. The monoisotopic (exact) mass is 425 g/mol. The molecular formula is C25H31NO3S. The molecule has 4 nitrogen and oxygen atoms in total. The highest BCUT2D eigenvalue weighted by Crippen LogP contribution is 2.71. The first-order valence-corrected chi connectivity index (χ1v) is 11.6. The van der Waals surface area contributed by atoms with Gasteiger partial charge in [-0.05, 0) is 78.7 Å². The van der Waals surface area contributed by atoms with E-state index >= 15 is 0 Å². The summed E-state index contributed by atoms with van der Waals surface area (Å²) in [4.78, 5) is 26.9. The number of fused-ring (bicyclic) bond motifs is 3. The molecule has 2 aromatic rings. The van der Waals surface area contributed by atoms with Gasteiger partial charge in [-0.1, -0.05) is 26.0 Å². The van der Waals surface area contributed by atoms with E-state index in [1.165, 1.54) is 16.0 Å². The fourth-order valence-corrected chi connectivity index (χ4v) is 6.55. The van der Waals surface area contributed by atoms with Gasteiger partial charge in [-0.25, -0.2) is 0 Å². The van der Waals surface area contributed by atoms with Gasteiger partial charge in [0, 0.05) is 18.3 Å². The van der Waals surface area contributed by atoms with Crippen molar-refractivity contribution in [2.75, 3.05) is 13.7 Å². The first-order valence-electron chi connectivity index (χ1n) is 10.7. The Kier molecular flexibility index (Phi) is 5.29. The van der Waals surface area contributed by atoms with E-state index in [1.54, 1.807) is 18.4 Å². The second kappa shape index (κ2) is 7.52. The number of amides is 1. The number of nitrogens with one attached hydrogen (secondary N) is 1. The van der Waals surface area contributed by atoms with Crippen LogP contribution in [-0.4, -0.2) is 25.3 Å². The Morgan fingerprint density at radius 2 is 1.87 bits per heavy atom. The SMILES string of the molecule is CNC(=O)COc1c(C)cc(CCC(=O)c2sc(C)c3c2C[C@@H]2[C@H]3C2(C)C)cc1C. The molecule has 4 rings (SSSR count). The third kappa shape index (κ3) is 3.47. The van der Waals surface area contributed by atoms with Crippen LogP contribution in [0, 0.1) is 32.1 Å². The molecule has 0 spiro atoms. The summed E-state index contributed by atoms with van der Waals surface area (Å²) in [5.41, 5.74) is 6.38. The average Bonchev–Trinajstić information content (AvgIpc) is 3.02. The summed E-state index contributed by atoms with van der Waals surface area (Å²) in [6, 6.07) is 4.14. The maximum Gasteiger partial charge on any atom is 0.257 e. The highest BCUT2D eigenvalue weighted by atomic mass is 32.1. The molecule has 2 atom stereocenters. The fourth-order valence-electron chi connectivity index (χ4n) is 5.35. The van der Waals surface area contributed by atoms with Gasteiger partial charge >= 0.3 is 0 Å². The molecule has 5 heteroatoms. The summed E-state index contributed by atoms with van der Waals surface area (Å²) in [6.45, 7) is 10.9. The number of ether oxygens (including phenoxy) is 1. The van der Waals surface area contributed by atoms with Crippen molar-refractivity contribution < 1.29 is 14.3 Å². The lowest BCUT2D eigenvalue weighted by Crippen LogP contribution is -2.25. The summed E-state index contributed by atoms with van der Waals surface area (Å²) in [5.74, 6) is 2.27. The van der Waals surface area contributed by atoms with Crippen molar-refractivity contribution >= 4 is 23.0 Å². The van der Waals surface area contributed by atoms with Crippen LogP contribution in [0.15, 0.2) is 12.1 Å². The topological polar surface area (TPSA) is 55.4 Å². The van der Waals surface area contributed by atoms with Crippen LogP contribution in [0.2, 0.25) is 0 Å². The van der Waals surface area contributed by atoms with Crippen molar-refractivity contribution in [3.63, 3.8) is 0 Å². The van der Waals surface area contributed by atoms with Gasteiger partial charge in [-0.3, -0.25) is 9.59 Å². The minimum atomic E-state index is -0.150. The predicted molar refractivity (Wildman–Crippen MR) is 121 cm³/mol. The van der Waals surface area contributed by atoms with Crippen LogP contribution in [0.25, 0.3) is 0 Å². The molecule has 1 aromatic carbocycles.